The van der Waals surface area contributed by atoms with E-state index >= 15 is 0 Å². The van der Waals surface area contributed by atoms with Gasteiger partial charge in [0.1, 0.15) is 5.82 Å². The van der Waals surface area contributed by atoms with Crippen molar-refractivity contribution < 1.29 is 4.74 Å². The summed E-state index contributed by atoms with van der Waals surface area (Å²) in [5, 5.41) is 0.724. The molecule has 1 aliphatic carbocycles. The van der Waals surface area contributed by atoms with Gasteiger partial charge in [-0.2, -0.15) is 0 Å². The quantitative estimate of drug-likeness (QED) is 0.915. The molecule has 1 atom stereocenters. The molecule has 0 spiro atoms. The molecule has 1 saturated carbocycles. The van der Waals surface area contributed by atoms with Crippen LogP contribution >= 0.6 is 11.6 Å². The lowest BCUT2D eigenvalue weighted by atomic mass is 10.2. The van der Waals surface area contributed by atoms with Gasteiger partial charge in [0.05, 0.1) is 17.1 Å². The topological polar surface area (TPSA) is 53.1 Å². The van der Waals surface area contributed by atoms with Gasteiger partial charge in [-0.1, -0.05) is 11.6 Å². The zero-order valence-electron chi connectivity index (χ0n) is 11.0. The summed E-state index contributed by atoms with van der Waals surface area (Å²) in [4.78, 5) is 4.71. The first-order valence-corrected chi connectivity index (χ1v) is 7.00. The number of nitrogens with two attached hydrogens (primary N) is 1. The van der Waals surface area contributed by atoms with Gasteiger partial charge in [0.2, 0.25) is 0 Å². The van der Waals surface area contributed by atoms with Gasteiger partial charge in [0.15, 0.2) is 0 Å². The fourth-order valence-corrected chi connectivity index (χ4v) is 2.64. The third-order valence-corrected chi connectivity index (χ3v) is 3.88. The van der Waals surface area contributed by atoms with Crippen LogP contribution in [0.5, 0.6) is 0 Å². The summed E-state index contributed by atoms with van der Waals surface area (Å²) < 4.78 is 7.70. The maximum atomic E-state index is 6.04. The van der Waals surface area contributed by atoms with Gasteiger partial charge >= 0.3 is 0 Å². The maximum absolute atomic E-state index is 6.04. The Morgan fingerprint density at radius 3 is 2.95 bits per heavy atom. The first kappa shape index (κ1) is 12.9. The normalized spacial score (nSPS) is 17.0. The molecular weight excluding hydrogens is 262 g/mol. The van der Waals surface area contributed by atoms with Crippen molar-refractivity contribution >= 4 is 22.6 Å². The van der Waals surface area contributed by atoms with E-state index in [-0.39, 0.29) is 6.10 Å². The fourth-order valence-electron chi connectivity index (χ4n) is 2.47. The van der Waals surface area contributed by atoms with Crippen LogP contribution in [0.2, 0.25) is 5.02 Å². The number of imidazole rings is 1. The number of ether oxygens (including phenoxy) is 1. The second kappa shape index (κ2) is 5.12. The van der Waals surface area contributed by atoms with Gasteiger partial charge in [-0.05, 0) is 31.0 Å². The van der Waals surface area contributed by atoms with Gasteiger partial charge < -0.3 is 15.0 Å². The van der Waals surface area contributed by atoms with Crippen LogP contribution < -0.4 is 5.73 Å². The predicted octanol–water partition coefficient (Wildman–Crippen LogP) is 2.54. The highest BCUT2D eigenvalue weighted by atomic mass is 35.5. The highest BCUT2D eigenvalue weighted by Gasteiger charge is 2.28. The van der Waals surface area contributed by atoms with Gasteiger partial charge in [-0.3, -0.25) is 0 Å². The van der Waals surface area contributed by atoms with Crippen LogP contribution in [0.25, 0.3) is 11.0 Å². The van der Waals surface area contributed by atoms with Gasteiger partial charge in [-0.25, -0.2) is 4.98 Å². The van der Waals surface area contributed by atoms with Gasteiger partial charge in [-0.15, -0.1) is 0 Å². The van der Waals surface area contributed by atoms with Crippen LogP contribution in [0.3, 0.4) is 0 Å². The number of hydrogen-bond acceptors (Lipinski definition) is 3. The van der Waals surface area contributed by atoms with Crippen molar-refractivity contribution in [2.45, 2.75) is 31.4 Å². The SMILES string of the molecule is COC(CN)Cc1nc2cc(Cl)ccc2n1C1CC1. The van der Waals surface area contributed by atoms with Crippen molar-refractivity contribution in [2.24, 2.45) is 5.73 Å². The molecule has 4 nitrogen and oxygen atoms in total. The standard InChI is InChI=1S/C14H18ClN3O/c1-19-11(8-16)7-14-17-12-6-9(15)2-5-13(12)18(14)10-3-4-10/h2,5-6,10-11H,3-4,7-8,16H2,1H3. The van der Waals surface area contributed by atoms with E-state index in [9.17, 15) is 0 Å². The second-order valence-electron chi connectivity index (χ2n) is 5.06. The minimum Gasteiger partial charge on any atom is -0.380 e. The summed E-state index contributed by atoms with van der Waals surface area (Å²) in [5.41, 5.74) is 7.83. The second-order valence-corrected chi connectivity index (χ2v) is 5.50. The molecular formula is C14H18ClN3O. The Hall–Kier alpha value is -1.10. The average Bonchev–Trinajstić information content (AvgIpc) is 3.18. The lowest BCUT2D eigenvalue weighted by molar-refractivity contribution is 0.107. The number of hydrogen-bond donors (Lipinski definition) is 1. The van der Waals surface area contributed by atoms with Gasteiger partial charge in [0, 0.05) is 31.1 Å². The van der Waals surface area contributed by atoms with E-state index in [0.29, 0.717) is 12.6 Å². The van der Waals surface area contributed by atoms with E-state index in [0.717, 1.165) is 28.3 Å². The van der Waals surface area contributed by atoms with Crippen LogP contribution in [-0.4, -0.2) is 29.3 Å². The van der Waals surface area contributed by atoms with Crippen LogP contribution in [-0.2, 0) is 11.2 Å². The molecule has 1 fully saturated rings. The molecule has 3 rings (SSSR count). The molecule has 1 unspecified atom stereocenters. The lowest BCUT2D eigenvalue weighted by Crippen LogP contribution is -2.26. The van der Waals surface area contributed by atoms with E-state index < -0.39 is 0 Å². The molecule has 1 heterocycles. The van der Waals surface area contributed by atoms with Crippen LogP contribution in [0.15, 0.2) is 18.2 Å². The molecule has 2 aromatic rings. The summed E-state index contributed by atoms with van der Waals surface area (Å²) in [6.07, 6.45) is 3.21. The number of aromatic nitrogens is 2. The number of benzene rings is 1. The first-order valence-electron chi connectivity index (χ1n) is 6.62. The minimum atomic E-state index is 0.0183. The molecule has 5 heteroatoms. The van der Waals surface area contributed by atoms with E-state index in [1.54, 1.807) is 7.11 Å². The third-order valence-electron chi connectivity index (χ3n) is 3.64. The minimum absolute atomic E-state index is 0.0183. The van der Waals surface area contributed by atoms with E-state index in [1.165, 1.54) is 12.8 Å². The Morgan fingerprint density at radius 1 is 1.53 bits per heavy atom. The molecule has 1 aromatic carbocycles. The molecule has 0 bridgehead atoms. The van der Waals surface area contributed by atoms with Crippen molar-refractivity contribution in [1.82, 2.24) is 9.55 Å². The highest BCUT2D eigenvalue weighted by Crippen LogP contribution is 2.39. The molecule has 2 N–H and O–H groups in total. The van der Waals surface area contributed by atoms with Crippen LogP contribution in [0.4, 0.5) is 0 Å². The summed E-state index contributed by atoms with van der Waals surface area (Å²) in [6.45, 7) is 0.505. The number of halogens is 1. The third kappa shape index (κ3) is 2.48. The van der Waals surface area contributed by atoms with Crippen molar-refractivity contribution in [3.63, 3.8) is 0 Å². The molecule has 0 aliphatic heterocycles. The number of nitrogens with zero attached hydrogens (tertiary/aromatic N) is 2. The maximum Gasteiger partial charge on any atom is 0.112 e. The predicted molar refractivity (Wildman–Crippen MR) is 76.6 cm³/mol. The van der Waals surface area contributed by atoms with Crippen molar-refractivity contribution in [3.05, 3.63) is 29.0 Å². The summed E-state index contributed by atoms with van der Waals surface area (Å²) in [5.74, 6) is 1.05. The number of fused-ring (bicyclic) bond motifs is 1. The molecule has 1 aromatic heterocycles. The summed E-state index contributed by atoms with van der Waals surface area (Å²) in [7, 11) is 1.69. The summed E-state index contributed by atoms with van der Waals surface area (Å²) >= 11 is 6.04. The Bertz CT molecular complexity index is 588. The van der Waals surface area contributed by atoms with Crippen LogP contribution in [0.1, 0.15) is 24.7 Å². The molecule has 0 saturated heterocycles. The molecule has 1 aliphatic rings. The zero-order chi connectivity index (χ0) is 13.4. The highest BCUT2D eigenvalue weighted by molar-refractivity contribution is 6.31. The fraction of sp³-hybridized carbons (Fsp3) is 0.500. The Kier molecular flexibility index (Phi) is 3.48. The number of rotatable bonds is 5. The Labute approximate surface area is 117 Å². The number of methoxy groups -OCH3 is 1. The molecule has 0 radical (unpaired) electrons. The Morgan fingerprint density at radius 2 is 2.32 bits per heavy atom. The van der Waals surface area contributed by atoms with Crippen molar-refractivity contribution in [1.29, 1.82) is 0 Å². The van der Waals surface area contributed by atoms with Crippen molar-refractivity contribution in [2.75, 3.05) is 13.7 Å². The van der Waals surface area contributed by atoms with E-state index in [1.807, 2.05) is 12.1 Å². The lowest BCUT2D eigenvalue weighted by Gasteiger charge is -2.14. The molecule has 102 valence electrons. The summed E-state index contributed by atoms with van der Waals surface area (Å²) in [6, 6.07) is 6.47. The largest absolute Gasteiger partial charge is 0.380 e. The first-order chi connectivity index (χ1) is 9.22. The smallest absolute Gasteiger partial charge is 0.112 e. The van der Waals surface area contributed by atoms with Crippen molar-refractivity contribution in [3.8, 4) is 0 Å². The monoisotopic (exact) mass is 279 g/mol. The molecule has 19 heavy (non-hydrogen) atoms. The van der Waals surface area contributed by atoms with E-state index in [4.69, 9.17) is 27.1 Å². The molecule has 0 amide bonds. The van der Waals surface area contributed by atoms with Gasteiger partial charge in [0.25, 0.3) is 0 Å². The van der Waals surface area contributed by atoms with Crippen LogP contribution in [0, 0.1) is 0 Å². The average molecular weight is 280 g/mol. The van der Waals surface area contributed by atoms with E-state index in [2.05, 4.69) is 10.6 Å². The Balaban J connectivity index is 2.04. The zero-order valence-corrected chi connectivity index (χ0v) is 11.7.